The van der Waals surface area contributed by atoms with E-state index in [-0.39, 0.29) is 11.8 Å². The van der Waals surface area contributed by atoms with E-state index in [2.05, 4.69) is 15.6 Å². The van der Waals surface area contributed by atoms with E-state index in [1.807, 2.05) is 13.8 Å². The smallest absolute Gasteiger partial charge is 0.266 e. The minimum atomic E-state index is -0.328. The van der Waals surface area contributed by atoms with Gasteiger partial charge in [0.25, 0.3) is 5.91 Å². The number of nitrogen functional groups attached to an aromatic ring is 1. The quantitative estimate of drug-likeness (QED) is 0.436. The predicted molar refractivity (Wildman–Crippen MR) is 58.7 cm³/mol. The third-order valence-electron chi connectivity index (χ3n) is 2.34. The summed E-state index contributed by atoms with van der Waals surface area (Å²) in [5.74, 6) is 5.82. The van der Waals surface area contributed by atoms with Crippen molar-refractivity contribution < 1.29 is 4.79 Å². The number of nitrogens with zero attached hydrogens (tertiary/aromatic N) is 3. The number of fused-ring (bicyclic) bond motifs is 1. The first-order chi connectivity index (χ1) is 7.63. The average molecular weight is 219 g/mol. The standard InChI is InChI=1S/C10H13N5O/c1-6(2)9-14-13-8-4-3-7(5-15(8)9)10(16)12-11/h3-6H,11H2,1-2H3,(H,12,16). The Labute approximate surface area is 92.4 Å². The molecule has 6 nitrogen and oxygen atoms in total. The fourth-order valence-electron chi connectivity index (χ4n) is 1.52. The molecule has 6 heteroatoms. The molecule has 0 bridgehead atoms. The largest absolute Gasteiger partial charge is 0.290 e. The number of aromatic nitrogens is 3. The molecule has 0 aliphatic heterocycles. The minimum absolute atomic E-state index is 0.242. The van der Waals surface area contributed by atoms with Crippen LogP contribution >= 0.6 is 0 Å². The van der Waals surface area contributed by atoms with Crippen molar-refractivity contribution in [3.8, 4) is 0 Å². The summed E-state index contributed by atoms with van der Waals surface area (Å²) in [5, 5.41) is 8.09. The summed E-state index contributed by atoms with van der Waals surface area (Å²) in [5.41, 5.74) is 3.30. The normalized spacial score (nSPS) is 11.0. The monoisotopic (exact) mass is 219 g/mol. The van der Waals surface area contributed by atoms with Gasteiger partial charge in [0.2, 0.25) is 0 Å². The second-order valence-corrected chi connectivity index (χ2v) is 3.83. The first-order valence-electron chi connectivity index (χ1n) is 4.99. The molecule has 0 aromatic carbocycles. The van der Waals surface area contributed by atoms with Crippen LogP contribution in [0.4, 0.5) is 0 Å². The molecule has 0 radical (unpaired) electrons. The van der Waals surface area contributed by atoms with Gasteiger partial charge in [0.15, 0.2) is 5.65 Å². The molecule has 0 aliphatic rings. The SMILES string of the molecule is CC(C)c1nnc2ccc(C(=O)NN)cn12. The summed E-state index contributed by atoms with van der Waals surface area (Å²) in [6, 6.07) is 3.40. The van der Waals surface area contributed by atoms with Crippen LogP contribution in [0.15, 0.2) is 18.3 Å². The Bertz CT molecular complexity index is 531. The molecule has 2 rings (SSSR count). The Morgan fingerprint density at radius 1 is 1.44 bits per heavy atom. The number of carbonyl (C=O) groups excluding carboxylic acids is 1. The summed E-state index contributed by atoms with van der Waals surface area (Å²) >= 11 is 0. The van der Waals surface area contributed by atoms with E-state index in [1.165, 1.54) is 0 Å². The topological polar surface area (TPSA) is 85.3 Å². The van der Waals surface area contributed by atoms with E-state index in [1.54, 1.807) is 22.7 Å². The molecule has 2 aromatic rings. The zero-order chi connectivity index (χ0) is 11.7. The number of carbonyl (C=O) groups is 1. The number of amides is 1. The fraction of sp³-hybridized carbons (Fsp3) is 0.300. The van der Waals surface area contributed by atoms with Crippen molar-refractivity contribution in [2.45, 2.75) is 19.8 Å². The van der Waals surface area contributed by atoms with Crippen molar-refractivity contribution in [2.75, 3.05) is 0 Å². The molecule has 0 aliphatic carbocycles. The molecule has 2 aromatic heterocycles. The van der Waals surface area contributed by atoms with Crippen molar-refractivity contribution in [1.29, 1.82) is 0 Å². The van der Waals surface area contributed by atoms with Crippen LogP contribution in [-0.4, -0.2) is 20.5 Å². The summed E-state index contributed by atoms with van der Waals surface area (Å²) in [4.78, 5) is 11.4. The Kier molecular flexibility index (Phi) is 2.57. The lowest BCUT2D eigenvalue weighted by Crippen LogP contribution is -2.30. The van der Waals surface area contributed by atoms with Crippen LogP contribution in [0.5, 0.6) is 0 Å². The van der Waals surface area contributed by atoms with E-state index < -0.39 is 0 Å². The molecule has 3 N–H and O–H groups in total. The van der Waals surface area contributed by atoms with Crippen LogP contribution in [-0.2, 0) is 0 Å². The van der Waals surface area contributed by atoms with Gasteiger partial charge in [-0.25, -0.2) is 5.84 Å². The summed E-state index contributed by atoms with van der Waals surface area (Å²) in [6.07, 6.45) is 1.69. The molecule has 0 saturated heterocycles. The lowest BCUT2D eigenvalue weighted by Gasteiger charge is -2.04. The summed E-state index contributed by atoms with van der Waals surface area (Å²) in [7, 11) is 0. The predicted octanol–water partition coefficient (Wildman–Crippen LogP) is 0.456. The first-order valence-corrected chi connectivity index (χ1v) is 4.99. The van der Waals surface area contributed by atoms with E-state index in [0.29, 0.717) is 5.56 Å². The number of nitrogens with two attached hydrogens (primary N) is 1. The molecule has 0 fully saturated rings. The van der Waals surface area contributed by atoms with Crippen molar-refractivity contribution in [3.05, 3.63) is 29.7 Å². The van der Waals surface area contributed by atoms with E-state index in [0.717, 1.165) is 11.5 Å². The number of hydrogen-bond acceptors (Lipinski definition) is 4. The van der Waals surface area contributed by atoms with E-state index in [9.17, 15) is 4.79 Å². The number of rotatable bonds is 2. The highest BCUT2D eigenvalue weighted by molar-refractivity contribution is 5.93. The first kappa shape index (κ1) is 10.6. The van der Waals surface area contributed by atoms with Gasteiger partial charge in [-0.15, -0.1) is 10.2 Å². The number of nitrogens with one attached hydrogen (secondary N) is 1. The van der Waals surface area contributed by atoms with Gasteiger partial charge >= 0.3 is 0 Å². The van der Waals surface area contributed by atoms with Crippen molar-refractivity contribution in [2.24, 2.45) is 5.84 Å². The highest BCUT2D eigenvalue weighted by Crippen LogP contribution is 2.14. The highest BCUT2D eigenvalue weighted by atomic mass is 16.2. The number of hydrogen-bond donors (Lipinski definition) is 2. The molecule has 1 amide bonds. The van der Waals surface area contributed by atoms with Crippen molar-refractivity contribution in [3.63, 3.8) is 0 Å². The lowest BCUT2D eigenvalue weighted by atomic mass is 10.2. The van der Waals surface area contributed by atoms with E-state index in [4.69, 9.17) is 5.84 Å². The number of pyridine rings is 1. The second kappa shape index (κ2) is 3.90. The maximum atomic E-state index is 11.4. The van der Waals surface area contributed by atoms with Gasteiger partial charge in [-0.3, -0.25) is 14.6 Å². The molecular formula is C10H13N5O. The Morgan fingerprint density at radius 3 is 2.81 bits per heavy atom. The minimum Gasteiger partial charge on any atom is -0.290 e. The van der Waals surface area contributed by atoms with Gasteiger partial charge in [0, 0.05) is 12.1 Å². The highest BCUT2D eigenvalue weighted by Gasteiger charge is 2.11. The third kappa shape index (κ3) is 1.63. The molecule has 84 valence electrons. The zero-order valence-corrected chi connectivity index (χ0v) is 9.14. The Hall–Kier alpha value is -1.95. The molecule has 2 heterocycles. The molecule has 0 unspecified atom stereocenters. The van der Waals surface area contributed by atoms with Gasteiger partial charge in [-0.2, -0.15) is 0 Å². The molecule has 0 atom stereocenters. The van der Waals surface area contributed by atoms with Crippen LogP contribution in [0.3, 0.4) is 0 Å². The van der Waals surface area contributed by atoms with Crippen molar-refractivity contribution in [1.82, 2.24) is 20.0 Å². The van der Waals surface area contributed by atoms with Gasteiger partial charge in [0.1, 0.15) is 5.82 Å². The Morgan fingerprint density at radius 2 is 2.19 bits per heavy atom. The van der Waals surface area contributed by atoms with Crippen LogP contribution in [0.1, 0.15) is 35.9 Å². The Balaban J connectivity index is 2.58. The molecule has 0 spiro atoms. The number of hydrazine groups is 1. The molecular weight excluding hydrogens is 206 g/mol. The lowest BCUT2D eigenvalue weighted by molar-refractivity contribution is 0.0953. The molecule has 16 heavy (non-hydrogen) atoms. The van der Waals surface area contributed by atoms with Gasteiger partial charge < -0.3 is 0 Å². The van der Waals surface area contributed by atoms with Crippen LogP contribution in [0.25, 0.3) is 5.65 Å². The summed E-state index contributed by atoms with van der Waals surface area (Å²) in [6.45, 7) is 4.04. The van der Waals surface area contributed by atoms with Gasteiger partial charge in [-0.1, -0.05) is 13.8 Å². The molecule has 0 saturated carbocycles. The van der Waals surface area contributed by atoms with Crippen LogP contribution in [0, 0.1) is 0 Å². The third-order valence-corrected chi connectivity index (χ3v) is 2.34. The van der Waals surface area contributed by atoms with Gasteiger partial charge in [-0.05, 0) is 12.1 Å². The second-order valence-electron chi connectivity index (χ2n) is 3.83. The van der Waals surface area contributed by atoms with E-state index >= 15 is 0 Å². The maximum absolute atomic E-state index is 11.4. The average Bonchev–Trinajstić information content (AvgIpc) is 2.70. The van der Waals surface area contributed by atoms with Crippen LogP contribution < -0.4 is 11.3 Å². The van der Waals surface area contributed by atoms with Crippen molar-refractivity contribution >= 4 is 11.6 Å². The summed E-state index contributed by atoms with van der Waals surface area (Å²) < 4.78 is 1.80. The maximum Gasteiger partial charge on any atom is 0.266 e. The van der Waals surface area contributed by atoms with Gasteiger partial charge in [0.05, 0.1) is 5.56 Å². The van der Waals surface area contributed by atoms with Crippen LogP contribution in [0.2, 0.25) is 0 Å². The fourth-order valence-corrected chi connectivity index (χ4v) is 1.52. The zero-order valence-electron chi connectivity index (χ0n) is 9.14.